The van der Waals surface area contributed by atoms with E-state index in [9.17, 15) is 0 Å². The van der Waals surface area contributed by atoms with Crippen molar-refractivity contribution in [1.82, 2.24) is 0 Å². The summed E-state index contributed by atoms with van der Waals surface area (Å²) in [6.07, 6.45) is 6.12. The van der Waals surface area contributed by atoms with Crippen LogP contribution < -0.4 is 24.8 Å². The third-order valence-electron chi connectivity index (χ3n) is 12.3. The fraction of sp³-hybridized carbons (Fsp3) is 0.419. The molecule has 4 aliphatic carbocycles. The van der Waals surface area contributed by atoms with Crippen molar-refractivity contribution in [1.29, 1.82) is 0 Å². The van der Waals surface area contributed by atoms with Crippen LogP contribution in [0.1, 0.15) is 80.4 Å². The molecule has 46 heavy (non-hydrogen) atoms. The first-order chi connectivity index (χ1) is 20.9. The Kier molecular flexibility index (Phi) is 12.8. The number of halogens is 2. The summed E-state index contributed by atoms with van der Waals surface area (Å²) in [5, 5.41) is 0. The van der Waals surface area contributed by atoms with Crippen molar-refractivity contribution < 1.29 is 49.0 Å². The first kappa shape index (κ1) is 38.7. The van der Waals surface area contributed by atoms with Crippen LogP contribution in [0.15, 0.2) is 108 Å². The average Bonchev–Trinajstić information content (AvgIpc) is 3.67. The maximum Gasteiger partial charge on any atom is -0.0623 e. The van der Waals surface area contributed by atoms with Crippen molar-refractivity contribution in [2.75, 3.05) is 0 Å². The standard InChI is InChI=1S/C29H37.C11H9.C3H6.2ClH.Zr/c1-16-13-14-25-26-23-12-10-9-11-22(23)15-24(26)27-19(4)17(2)18(3)21(6)29(27,8)28(25,7)20(16)5;1-2-6-10(7-3-1)11-8-4-5-9-11;1-3-2;;;/h9-14,16-18,20-21H,15H2,1-8H3;1-9H;1-2H3;2*1H;/q2*-1;;;;+2/p-2. The van der Waals surface area contributed by atoms with Crippen LogP contribution >= 0.6 is 0 Å². The first-order valence-corrected chi connectivity index (χ1v) is 18.0. The Morgan fingerprint density at radius 3 is 2.04 bits per heavy atom. The molecule has 0 spiro atoms. The van der Waals surface area contributed by atoms with E-state index in [1.165, 1.54) is 25.5 Å². The van der Waals surface area contributed by atoms with Gasteiger partial charge in [0.15, 0.2) is 0 Å². The number of fused-ring (bicyclic) bond motifs is 6. The number of hydrogen-bond donors (Lipinski definition) is 0. The Bertz CT molecular complexity index is 1590. The van der Waals surface area contributed by atoms with E-state index in [0.717, 1.165) is 6.42 Å². The van der Waals surface area contributed by atoms with Gasteiger partial charge < -0.3 is 24.8 Å². The fourth-order valence-corrected chi connectivity index (χ4v) is 9.03. The van der Waals surface area contributed by atoms with E-state index in [2.05, 4.69) is 154 Å². The first-order valence-electron chi connectivity index (χ1n) is 16.7. The third kappa shape index (κ3) is 6.36. The smallest absolute Gasteiger partial charge is 0.0623 e. The van der Waals surface area contributed by atoms with Crippen molar-refractivity contribution >= 4 is 8.78 Å². The summed E-state index contributed by atoms with van der Waals surface area (Å²) in [6.45, 7) is 24.4. The molecule has 0 nitrogen and oxygen atoms in total. The Balaban J connectivity index is 0.000000283. The van der Waals surface area contributed by atoms with Crippen LogP contribution in [-0.2, 0) is 30.7 Å². The predicted octanol–water partition coefficient (Wildman–Crippen LogP) is 5.50. The Morgan fingerprint density at radius 2 is 1.43 bits per heavy atom. The monoisotopic (exact) mass is 728 g/mol. The minimum atomic E-state index is 0. The molecule has 3 aromatic carbocycles. The molecule has 1 fully saturated rings. The number of benzene rings is 2. The maximum absolute atomic E-state index is 2.63. The number of allylic oxidation sites excluding steroid dienone is 6. The Hall–Kier alpha value is -1.79. The molecule has 0 aliphatic heterocycles. The van der Waals surface area contributed by atoms with Crippen LogP contribution in [0.3, 0.4) is 0 Å². The van der Waals surface area contributed by atoms with Crippen molar-refractivity contribution in [3.05, 3.63) is 125 Å². The molecule has 3 heteroatoms. The Morgan fingerprint density at radius 1 is 0.826 bits per heavy atom. The van der Waals surface area contributed by atoms with E-state index in [4.69, 9.17) is 0 Å². The molecule has 0 amide bonds. The van der Waals surface area contributed by atoms with Gasteiger partial charge in [-0.15, -0.1) is 6.92 Å². The van der Waals surface area contributed by atoms with Gasteiger partial charge in [-0.3, -0.25) is 0 Å². The van der Waals surface area contributed by atoms with E-state index in [1.807, 2.05) is 6.07 Å². The predicted molar refractivity (Wildman–Crippen MR) is 188 cm³/mol. The summed E-state index contributed by atoms with van der Waals surface area (Å²) in [6, 6.07) is 27.9. The third-order valence-corrected chi connectivity index (χ3v) is 12.3. The van der Waals surface area contributed by atoms with Crippen molar-refractivity contribution in [2.24, 2.45) is 40.4 Å². The quantitative estimate of drug-likeness (QED) is 0.291. The van der Waals surface area contributed by atoms with Gasteiger partial charge in [0.05, 0.1) is 0 Å². The molecular formula is C43H52Cl2Zr-2. The van der Waals surface area contributed by atoms with E-state index in [1.54, 1.807) is 52.4 Å². The van der Waals surface area contributed by atoms with Gasteiger partial charge in [-0.05, 0) is 34.7 Å². The van der Waals surface area contributed by atoms with Crippen LogP contribution in [-0.4, -0.2) is 3.21 Å². The van der Waals surface area contributed by atoms with E-state index >= 15 is 0 Å². The van der Waals surface area contributed by atoms with Gasteiger partial charge in [0.25, 0.3) is 0 Å². The van der Waals surface area contributed by atoms with Gasteiger partial charge in [-0.25, -0.2) is 12.0 Å². The van der Waals surface area contributed by atoms with Gasteiger partial charge in [-0.2, -0.15) is 34.9 Å². The zero-order valence-corrected chi connectivity index (χ0v) is 33.5. The van der Waals surface area contributed by atoms with Gasteiger partial charge >= 0.3 is 41.3 Å². The SMILES string of the molecule is C[C-]1C2=C3Cc4ccccc4C3=C3C=CC(C)C(C)C3(C)C2(C)C(C)C(C)C1C.C[C](C)=[Zr+2].[Cl-].[Cl-].c1ccc(-c2cc[cH-]c2)cc1. The summed E-state index contributed by atoms with van der Waals surface area (Å²) in [7, 11) is 0. The molecule has 1 saturated carbocycles. The molecule has 3 aromatic rings. The average molecular weight is 731 g/mol. The molecule has 0 N–H and O–H groups in total. The van der Waals surface area contributed by atoms with Gasteiger partial charge in [0.2, 0.25) is 0 Å². The Labute approximate surface area is 307 Å². The summed E-state index contributed by atoms with van der Waals surface area (Å²) in [5.41, 5.74) is 12.5. The fourth-order valence-electron chi connectivity index (χ4n) is 9.03. The molecule has 0 bridgehead atoms. The van der Waals surface area contributed by atoms with Crippen LogP contribution in [0.25, 0.3) is 16.7 Å². The molecular weight excluding hydrogens is 679 g/mol. The summed E-state index contributed by atoms with van der Waals surface area (Å²) in [5.74, 6) is 4.93. The van der Waals surface area contributed by atoms with Crippen molar-refractivity contribution in [3.8, 4) is 11.1 Å². The number of rotatable bonds is 1. The van der Waals surface area contributed by atoms with Gasteiger partial charge in [0, 0.05) is 5.41 Å². The zero-order valence-electron chi connectivity index (χ0n) is 29.5. The van der Waals surface area contributed by atoms with E-state index in [-0.39, 0.29) is 35.6 Å². The van der Waals surface area contributed by atoms with Crippen LogP contribution in [0.5, 0.6) is 0 Å². The normalized spacial score (nSPS) is 30.2. The molecule has 4 aliphatic rings. The molecule has 0 aromatic heterocycles. The largest absolute Gasteiger partial charge is 1.00 e. The van der Waals surface area contributed by atoms with Crippen LogP contribution in [0, 0.1) is 46.3 Å². The molecule has 0 heterocycles. The van der Waals surface area contributed by atoms with Crippen LogP contribution in [0.2, 0.25) is 0 Å². The molecule has 7 atom stereocenters. The van der Waals surface area contributed by atoms with E-state index in [0.29, 0.717) is 29.6 Å². The van der Waals surface area contributed by atoms with Gasteiger partial charge in [0.1, 0.15) is 0 Å². The minimum Gasteiger partial charge on any atom is -1.00 e. The molecule has 7 rings (SSSR count). The summed E-state index contributed by atoms with van der Waals surface area (Å²) >= 11 is 1.55. The second kappa shape index (κ2) is 15.2. The zero-order chi connectivity index (χ0) is 32.0. The second-order valence-corrected chi connectivity index (χ2v) is 17.0. The van der Waals surface area contributed by atoms with Crippen LogP contribution in [0.4, 0.5) is 0 Å². The molecule has 0 radical (unpaired) electrons. The summed E-state index contributed by atoms with van der Waals surface area (Å²) in [4.78, 5) is 0. The second-order valence-electron chi connectivity index (χ2n) is 14.5. The maximum atomic E-state index is 2.63. The molecule has 7 unspecified atom stereocenters. The topological polar surface area (TPSA) is 0 Å². The van der Waals surface area contributed by atoms with Crippen molar-refractivity contribution in [2.45, 2.75) is 75.7 Å². The molecule has 244 valence electrons. The van der Waals surface area contributed by atoms with E-state index < -0.39 is 0 Å². The number of hydrogen-bond acceptors (Lipinski definition) is 0. The minimum absolute atomic E-state index is 0. The van der Waals surface area contributed by atoms with Crippen molar-refractivity contribution in [3.63, 3.8) is 0 Å². The molecule has 0 saturated heterocycles. The van der Waals surface area contributed by atoms with Gasteiger partial charge in [-0.1, -0.05) is 150 Å². The summed E-state index contributed by atoms with van der Waals surface area (Å²) < 4.78 is 1.51.